The summed E-state index contributed by atoms with van der Waals surface area (Å²) >= 11 is 1.38. The number of carbonyl (C=O) groups is 2. The van der Waals surface area contributed by atoms with Crippen LogP contribution in [0.1, 0.15) is 80.9 Å². The molecule has 2 unspecified atom stereocenters. The first-order chi connectivity index (χ1) is 16.0. The van der Waals surface area contributed by atoms with E-state index in [9.17, 15) is 20.0 Å². The van der Waals surface area contributed by atoms with Gasteiger partial charge in [-0.05, 0) is 41.9 Å². The van der Waals surface area contributed by atoms with E-state index in [2.05, 4.69) is 31.8 Å². The number of ether oxygens (including phenoxy) is 1. The van der Waals surface area contributed by atoms with E-state index >= 15 is 0 Å². The van der Waals surface area contributed by atoms with E-state index in [0.29, 0.717) is 16.3 Å². The third kappa shape index (κ3) is 4.67. The Balaban J connectivity index is 2.21. The number of rotatable bonds is 7. The lowest BCUT2D eigenvalue weighted by molar-refractivity contribution is -0.150. The van der Waals surface area contributed by atoms with E-state index in [-0.39, 0.29) is 42.4 Å². The van der Waals surface area contributed by atoms with Gasteiger partial charge in [0.1, 0.15) is 16.3 Å². The van der Waals surface area contributed by atoms with Gasteiger partial charge in [0.25, 0.3) is 5.91 Å². The Labute approximate surface area is 205 Å². The smallest absolute Gasteiger partial charge is 0.329 e. The van der Waals surface area contributed by atoms with Gasteiger partial charge in [0.15, 0.2) is 0 Å². The molecule has 1 aromatic carbocycles. The number of hydrogen-bond acceptors (Lipinski definition) is 6. The molecule has 1 aliphatic heterocycles. The molecule has 2 aromatic rings. The van der Waals surface area contributed by atoms with Crippen molar-refractivity contribution in [3.63, 3.8) is 0 Å². The summed E-state index contributed by atoms with van der Waals surface area (Å²) in [6.45, 7) is 10.1. The maximum Gasteiger partial charge on any atom is 0.329 e. The standard InChI is InChI=1S/C26H33N3O4S/c1-16(2)14-26(24(31)32)15-18(9-10-27)21(22-28-11-12-34-22)29(26)23(30)17-7-8-19(25(3,4)5)20(13-17)33-6/h7-8,11-13,16,18,21H,9,14-15H2,1-6H3,(H,31,32)/t18?,21-,26?/m1/s1. The number of aliphatic carboxylic acids is 1. The lowest BCUT2D eigenvalue weighted by Gasteiger charge is -2.39. The summed E-state index contributed by atoms with van der Waals surface area (Å²) in [4.78, 5) is 32.9. The number of likely N-dealkylation sites (tertiary alicyclic amines) is 1. The van der Waals surface area contributed by atoms with Crippen LogP contribution < -0.4 is 4.74 Å². The molecule has 7 nitrogen and oxygen atoms in total. The predicted molar refractivity (Wildman–Crippen MR) is 131 cm³/mol. The third-order valence-electron chi connectivity index (χ3n) is 6.46. The van der Waals surface area contributed by atoms with Crippen LogP contribution in [0.15, 0.2) is 29.8 Å². The maximum absolute atomic E-state index is 14.1. The van der Waals surface area contributed by atoms with Crippen LogP contribution in [0, 0.1) is 23.2 Å². The number of nitriles is 1. The van der Waals surface area contributed by atoms with E-state index in [1.165, 1.54) is 16.2 Å². The number of carbonyl (C=O) groups excluding carboxylic acids is 1. The van der Waals surface area contributed by atoms with Crippen LogP contribution in [0.4, 0.5) is 0 Å². The zero-order chi connectivity index (χ0) is 25.3. The Bertz CT molecular complexity index is 1080. The normalized spacial score (nSPS) is 22.6. The molecule has 182 valence electrons. The van der Waals surface area contributed by atoms with Gasteiger partial charge in [-0.15, -0.1) is 11.3 Å². The van der Waals surface area contributed by atoms with E-state index in [0.717, 1.165) is 5.56 Å². The van der Waals surface area contributed by atoms with Crippen LogP contribution in [-0.2, 0) is 10.2 Å². The number of amides is 1. The molecule has 1 fully saturated rings. The Kier molecular flexibility index (Phi) is 7.37. The van der Waals surface area contributed by atoms with Crippen LogP contribution in [-0.4, -0.2) is 39.5 Å². The molecule has 1 aromatic heterocycles. The molecule has 1 aliphatic rings. The minimum atomic E-state index is -1.43. The fourth-order valence-electron chi connectivity index (χ4n) is 5.15. The van der Waals surface area contributed by atoms with Gasteiger partial charge in [-0.2, -0.15) is 5.26 Å². The second kappa shape index (κ2) is 9.75. The minimum Gasteiger partial charge on any atom is -0.496 e. The van der Waals surface area contributed by atoms with Gasteiger partial charge in [0.05, 0.1) is 19.2 Å². The van der Waals surface area contributed by atoms with E-state index < -0.39 is 17.6 Å². The van der Waals surface area contributed by atoms with Gasteiger partial charge in [0, 0.05) is 29.5 Å². The number of carboxylic acid groups (broad SMARTS) is 1. The van der Waals surface area contributed by atoms with Crippen LogP contribution in [0.25, 0.3) is 0 Å². The van der Waals surface area contributed by atoms with Crippen molar-refractivity contribution in [1.82, 2.24) is 9.88 Å². The molecule has 0 aliphatic carbocycles. The molecule has 2 heterocycles. The van der Waals surface area contributed by atoms with Crippen molar-refractivity contribution in [3.8, 4) is 11.8 Å². The zero-order valence-electron chi connectivity index (χ0n) is 20.7. The molecule has 3 rings (SSSR count). The largest absolute Gasteiger partial charge is 0.496 e. The number of aromatic nitrogens is 1. The lowest BCUT2D eigenvalue weighted by atomic mass is 9.83. The average molecular weight is 484 g/mol. The van der Waals surface area contributed by atoms with Crippen LogP contribution in [0.2, 0.25) is 0 Å². The maximum atomic E-state index is 14.1. The van der Waals surface area contributed by atoms with Crippen molar-refractivity contribution in [2.45, 2.75) is 70.9 Å². The quantitative estimate of drug-likeness (QED) is 0.563. The highest BCUT2D eigenvalue weighted by Crippen LogP contribution is 2.52. The molecule has 8 heteroatoms. The van der Waals surface area contributed by atoms with Crippen LogP contribution in [0.3, 0.4) is 0 Å². The number of nitrogens with zero attached hydrogens (tertiary/aromatic N) is 3. The first-order valence-electron chi connectivity index (χ1n) is 11.5. The number of carboxylic acids is 1. The second-order valence-corrected chi connectivity index (χ2v) is 11.3. The topological polar surface area (TPSA) is 104 Å². The Morgan fingerprint density at radius 2 is 2.09 bits per heavy atom. The van der Waals surface area contributed by atoms with Crippen LogP contribution in [0.5, 0.6) is 5.75 Å². The van der Waals surface area contributed by atoms with Gasteiger partial charge in [-0.3, -0.25) is 4.79 Å². The Morgan fingerprint density at radius 3 is 2.59 bits per heavy atom. The van der Waals surface area contributed by atoms with E-state index in [1.54, 1.807) is 25.4 Å². The second-order valence-electron chi connectivity index (χ2n) is 10.4. The number of methoxy groups -OCH3 is 1. The SMILES string of the molecule is COc1cc(C(=O)N2[C@@H](c3nccs3)C(CC#N)CC2(CC(C)C)C(=O)O)ccc1C(C)(C)C. The first kappa shape index (κ1) is 25.7. The monoisotopic (exact) mass is 483 g/mol. The summed E-state index contributed by atoms with van der Waals surface area (Å²) in [5.74, 6) is -1.15. The van der Waals surface area contributed by atoms with Gasteiger partial charge in [-0.25, -0.2) is 9.78 Å². The molecule has 1 amide bonds. The first-order valence-corrected chi connectivity index (χ1v) is 12.4. The van der Waals surface area contributed by atoms with Crippen molar-refractivity contribution in [2.24, 2.45) is 11.8 Å². The highest BCUT2D eigenvalue weighted by molar-refractivity contribution is 7.09. The summed E-state index contributed by atoms with van der Waals surface area (Å²) in [7, 11) is 1.57. The molecular formula is C26H33N3O4S. The predicted octanol–water partition coefficient (Wildman–Crippen LogP) is 5.44. The van der Waals surface area contributed by atoms with Crippen molar-refractivity contribution in [1.29, 1.82) is 5.26 Å². The van der Waals surface area contributed by atoms with E-state index in [1.807, 2.05) is 25.3 Å². The summed E-state index contributed by atoms with van der Waals surface area (Å²) in [6.07, 6.45) is 2.29. The minimum absolute atomic E-state index is 0.0296. The summed E-state index contributed by atoms with van der Waals surface area (Å²) < 4.78 is 5.61. The summed E-state index contributed by atoms with van der Waals surface area (Å²) in [6, 6.07) is 6.92. The van der Waals surface area contributed by atoms with Gasteiger partial charge in [-0.1, -0.05) is 40.7 Å². The van der Waals surface area contributed by atoms with Gasteiger partial charge in [0.2, 0.25) is 0 Å². The molecule has 0 spiro atoms. The molecule has 1 N–H and O–H groups in total. The highest BCUT2D eigenvalue weighted by Gasteiger charge is 2.59. The van der Waals surface area contributed by atoms with Crippen molar-refractivity contribution in [3.05, 3.63) is 45.9 Å². The molecule has 0 bridgehead atoms. The number of hydrogen-bond donors (Lipinski definition) is 1. The molecule has 34 heavy (non-hydrogen) atoms. The molecule has 3 atom stereocenters. The van der Waals surface area contributed by atoms with Crippen LogP contribution >= 0.6 is 11.3 Å². The molecule has 0 radical (unpaired) electrons. The third-order valence-corrected chi connectivity index (χ3v) is 7.31. The average Bonchev–Trinajstić information content (AvgIpc) is 3.38. The molecule has 1 saturated heterocycles. The van der Waals surface area contributed by atoms with Crippen molar-refractivity contribution >= 4 is 23.2 Å². The van der Waals surface area contributed by atoms with Crippen molar-refractivity contribution in [2.75, 3.05) is 7.11 Å². The van der Waals surface area contributed by atoms with Crippen molar-refractivity contribution < 1.29 is 19.4 Å². The Hall–Kier alpha value is -2.92. The van der Waals surface area contributed by atoms with Gasteiger partial charge < -0.3 is 14.7 Å². The summed E-state index contributed by atoms with van der Waals surface area (Å²) in [5, 5.41) is 22.5. The highest BCUT2D eigenvalue weighted by atomic mass is 32.1. The summed E-state index contributed by atoms with van der Waals surface area (Å²) in [5.41, 5.74) is -0.305. The van der Waals surface area contributed by atoms with E-state index in [4.69, 9.17) is 4.74 Å². The lowest BCUT2D eigenvalue weighted by Crippen LogP contribution is -2.54. The number of benzene rings is 1. The Morgan fingerprint density at radius 1 is 1.38 bits per heavy atom. The number of thiazole rings is 1. The fraction of sp³-hybridized carbons (Fsp3) is 0.538. The molecule has 0 saturated carbocycles. The molecular weight excluding hydrogens is 450 g/mol. The fourth-order valence-corrected chi connectivity index (χ4v) is 5.97. The van der Waals surface area contributed by atoms with Gasteiger partial charge >= 0.3 is 5.97 Å². The zero-order valence-corrected chi connectivity index (χ0v) is 21.5.